The number of para-hydroxylation sites is 1. The van der Waals surface area contributed by atoms with Crippen molar-refractivity contribution in [1.29, 1.82) is 0 Å². The molecule has 30 heavy (non-hydrogen) atoms. The summed E-state index contributed by atoms with van der Waals surface area (Å²) in [6, 6.07) is 17.2. The molecule has 0 fully saturated rings. The first kappa shape index (κ1) is 21.5. The largest absolute Gasteiger partial charge is 0.323 e. The van der Waals surface area contributed by atoms with Crippen LogP contribution >= 0.6 is 11.3 Å². The SMILES string of the molecule is CC(=O)N(c1ccccc1)c1nc(C=CC(=O)Nc2ccc(C(C)(C)C)cc2)cs1. The Bertz CT molecular complexity index is 1050. The molecule has 2 amide bonds. The van der Waals surface area contributed by atoms with Crippen LogP contribution in [0.4, 0.5) is 16.5 Å². The van der Waals surface area contributed by atoms with Crippen molar-refractivity contribution in [1.82, 2.24) is 4.98 Å². The number of nitrogens with one attached hydrogen (secondary N) is 1. The quantitative estimate of drug-likeness (QED) is 0.534. The number of anilines is 3. The van der Waals surface area contributed by atoms with Crippen molar-refractivity contribution in [2.24, 2.45) is 0 Å². The van der Waals surface area contributed by atoms with Gasteiger partial charge in [-0.05, 0) is 41.3 Å². The molecule has 5 nitrogen and oxygen atoms in total. The highest BCUT2D eigenvalue weighted by Gasteiger charge is 2.17. The summed E-state index contributed by atoms with van der Waals surface area (Å²) in [5.41, 5.74) is 3.39. The van der Waals surface area contributed by atoms with Gasteiger partial charge in [-0.1, -0.05) is 51.1 Å². The van der Waals surface area contributed by atoms with Gasteiger partial charge in [-0.3, -0.25) is 14.5 Å². The van der Waals surface area contributed by atoms with E-state index in [-0.39, 0.29) is 17.2 Å². The van der Waals surface area contributed by atoms with E-state index in [0.29, 0.717) is 10.8 Å². The fraction of sp³-hybridized carbons (Fsp3) is 0.208. The van der Waals surface area contributed by atoms with Crippen molar-refractivity contribution in [2.75, 3.05) is 10.2 Å². The summed E-state index contributed by atoms with van der Waals surface area (Å²) < 4.78 is 0. The van der Waals surface area contributed by atoms with Crippen LogP contribution in [-0.2, 0) is 15.0 Å². The van der Waals surface area contributed by atoms with E-state index in [1.54, 1.807) is 11.0 Å². The van der Waals surface area contributed by atoms with Crippen LogP contribution in [-0.4, -0.2) is 16.8 Å². The van der Waals surface area contributed by atoms with Crippen molar-refractivity contribution >= 4 is 45.7 Å². The number of hydrogen-bond acceptors (Lipinski definition) is 4. The van der Waals surface area contributed by atoms with Crippen LogP contribution in [0.15, 0.2) is 66.1 Å². The normalized spacial score (nSPS) is 11.5. The Hall–Kier alpha value is -3.25. The van der Waals surface area contributed by atoms with Crippen LogP contribution < -0.4 is 10.2 Å². The van der Waals surface area contributed by atoms with Gasteiger partial charge in [0.1, 0.15) is 0 Å². The molecule has 0 spiro atoms. The Balaban J connectivity index is 1.67. The molecule has 1 N–H and O–H groups in total. The van der Waals surface area contributed by atoms with E-state index in [1.165, 1.54) is 29.9 Å². The molecule has 0 radical (unpaired) electrons. The van der Waals surface area contributed by atoms with E-state index < -0.39 is 0 Å². The third-order valence-electron chi connectivity index (χ3n) is 4.45. The average Bonchev–Trinajstić information content (AvgIpc) is 3.15. The lowest BCUT2D eigenvalue weighted by Gasteiger charge is -2.19. The molecule has 3 aromatic rings. The molecular weight excluding hydrogens is 394 g/mol. The Morgan fingerprint density at radius 1 is 1.03 bits per heavy atom. The summed E-state index contributed by atoms with van der Waals surface area (Å²) in [6.45, 7) is 7.95. The number of carbonyl (C=O) groups excluding carboxylic acids is 2. The molecule has 0 atom stereocenters. The van der Waals surface area contributed by atoms with Gasteiger partial charge in [0.15, 0.2) is 5.13 Å². The fourth-order valence-electron chi connectivity index (χ4n) is 2.86. The first-order chi connectivity index (χ1) is 14.2. The Morgan fingerprint density at radius 2 is 1.70 bits per heavy atom. The average molecular weight is 420 g/mol. The molecule has 0 saturated carbocycles. The Morgan fingerprint density at radius 3 is 2.30 bits per heavy atom. The predicted octanol–water partition coefficient (Wildman–Crippen LogP) is 5.78. The summed E-state index contributed by atoms with van der Waals surface area (Å²) in [5.74, 6) is -0.359. The van der Waals surface area contributed by atoms with E-state index in [4.69, 9.17) is 0 Å². The Kier molecular flexibility index (Phi) is 6.47. The van der Waals surface area contributed by atoms with Gasteiger partial charge in [0.05, 0.1) is 11.4 Å². The third kappa shape index (κ3) is 5.42. The minimum atomic E-state index is -0.237. The van der Waals surface area contributed by atoms with E-state index in [1.807, 2.05) is 60.0 Å². The maximum atomic E-state index is 12.3. The zero-order chi connectivity index (χ0) is 21.7. The van der Waals surface area contributed by atoms with Gasteiger partial charge in [0.25, 0.3) is 0 Å². The smallest absolute Gasteiger partial charge is 0.248 e. The standard InChI is InChI=1S/C24H25N3O2S/c1-17(28)27(21-8-6-5-7-9-21)23-26-20(16-30-23)14-15-22(29)25-19-12-10-18(11-13-19)24(2,3)4/h5-16H,1-4H3,(H,25,29). The topological polar surface area (TPSA) is 62.3 Å². The minimum Gasteiger partial charge on any atom is -0.323 e. The molecule has 3 rings (SSSR count). The van der Waals surface area contributed by atoms with Crippen LogP contribution in [0.25, 0.3) is 6.08 Å². The lowest BCUT2D eigenvalue weighted by atomic mass is 9.87. The molecular formula is C24H25N3O2S. The number of amides is 2. The van der Waals surface area contributed by atoms with Gasteiger partial charge >= 0.3 is 0 Å². The zero-order valence-corrected chi connectivity index (χ0v) is 18.4. The van der Waals surface area contributed by atoms with Crippen molar-refractivity contribution in [3.8, 4) is 0 Å². The molecule has 1 aromatic heterocycles. The monoisotopic (exact) mass is 419 g/mol. The molecule has 0 bridgehead atoms. The first-order valence-corrected chi connectivity index (χ1v) is 10.5. The van der Waals surface area contributed by atoms with Crippen LogP contribution in [0.3, 0.4) is 0 Å². The lowest BCUT2D eigenvalue weighted by molar-refractivity contribution is -0.116. The maximum absolute atomic E-state index is 12.3. The molecule has 6 heteroatoms. The zero-order valence-electron chi connectivity index (χ0n) is 17.5. The van der Waals surface area contributed by atoms with Crippen molar-refractivity contribution in [3.63, 3.8) is 0 Å². The summed E-state index contributed by atoms with van der Waals surface area (Å²) in [4.78, 5) is 30.4. The lowest BCUT2D eigenvalue weighted by Crippen LogP contribution is -2.22. The summed E-state index contributed by atoms with van der Waals surface area (Å²) in [7, 11) is 0. The minimum absolute atomic E-state index is 0.0677. The predicted molar refractivity (Wildman–Crippen MR) is 124 cm³/mol. The summed E-state index contributed by atoms with van der Waals surface area (Å²) >= 11 is 1.35. The van der Waals surface area contributed by atoms with E-state index >= 15 is 0 Å². The number of aromatic nitrogens is 1. The van der Waals surface area contributed by atoms with Gasteiger partial charge in [0, 0.05) is 24.1 Å². The molecule has 0 saturated heterocycles. The van der Waals surface area contributed by atoms with Crippen LogP contribution in [0.1, 0.15) is 39.0 Å². The molecule has 1 heterocycles. The Labute approximate surface area is 181 Å². The second-order valence-electron chi connectivity index (χ2n) is 7.89. The van der Waals surface area contributed by atoms with Gasteiger partial charge < -0.3 is 5.32 Å². The molecule has 154 valence electrons. The third-order valence-corrected chi connectivity index (χ3v) is 5.30. The number of hydrogen-bond donors (Lipinski definition) is 1. The van der Waals surface area contributed by atoms with Crippen molar-refractivity contribution < 1.29 is 9.59 Å². The second kappa shape index (κ2) is 9.05. The number of rotatable bonds is 5. The van der Waals surface area contributed by atoms with E-state index in [2.05, 4.69) is 31.1 Å². The van der Waals surface area contributed by atoms with Crippen molar-refractivity contribution in [2.45, 2.75) is 33.1 Å². The number of benzene rings is 2. The van der Waals surface area contributed by atoms with E-state index in [9.17, 15) is 9.59 Å². The number of carbonyl (C=O) groups is 2. The second-order valence-corrected chi connectivity index (χ2v) is 8.73. The number of nitrogens with zero attached hydrogens (tertiary/aromatic N) is 2. The van der Waals surface area contributed by atoms with E-state index in [0.717, 1.165) is 11.4 Å². The highest BCUT2D eigenvalue weighted by molar-refractivity contribution is 7.14. The molecule has 0 aliphatic heterocycles. The van der Waals surface area contributed by atoms with Crippen LogP contribution in [0.5, 0.6) is 0 Å². The maximum Gasteiger partial charge on any atom is 0.248 e. The molecule has 0 aliphatic carbocycles. The molecule has 0 aliphatic rings. The van der Waals surface area contributed by atoms with Crippen LogP contribution in [0.2, 0.25) is 0 Å². The highest BCUT2D eigenvalue weighted by atomic mass is 32.1. The van der Waals surface area contributed by atoms with Crippen LogP contribution in [0, 0.1) is 0 Å². The molecule has 0 unspecified atom stereocenters. The fourth-order valence-corrected chi connectivity index (χ4v) is 3.71. The first-order valence-electron chi connectivity index (χ1n) is 9.65. The number of thiazole rings is 1. The van der Waals surface area contributed by atoms with Gasteiger partial charge in [-0.2, -0.15) is 0 Å². The summed E-state index contributed by atoms with van der Waals surface area (Å²) in [5, 5.41) is 5.23. The summed E-state index contributed by atoms with van der Waals surface area (Å²) in [6.07, 6.45) is 3.08. The highest BCUT2D eigenvalue weighted by Crippen LogP contribution is 2.29. The van der Waals surface area contributed by atoms with Crippen molar-refractivity contribution in [3.05, 3.63) is 77.3 Å². The van der Waals surface area contributed by atoms with Gasteiger partial charge in [-0.15, -0.1) is 11.3 Å². The van der Waals surface area contributed by atoms with Gasteiger partial charge in [0.2, 0.25) is 11.8 Å². The molecule has 2 aromatic carbocycles. The van der Waals surface area contributed by atoms with Gasteiger partial charge in [-0.25, -0.2) is 4.98 Å².